The number of benzene rings is 1. The van der Waals surface area contributed by atoms with Crippen molar-refractivity contribution >= 4 is 26.5 Å². The van der Waals surface area contributed by atoms with Crippen molar-refractivity contribution in [2.75, 3.05) is 4.72 Å². The number of anilines is 1. The molecule has 0 fully saturated rings. The fourth-order valence-electron chi connectivity index (χ4n) is 1.27. The second kappa shape index (κ2) is 4.91. The lowest BCUT2D eigenvalue weighted by molar-refractivity contribution is 0.599. The lowest BCUT2D eigenvalue weighted by atomic mass is 10.2. The van der Waals surface area contributed by atoms with Crippen LogP contribution in [0.15, 0.2) is 23.1 Å². The van der Waals surface area contributed by atoms with Gasteiger partial charge in [0.05, 0.1) is 10.5 Å². The summed E-state index contributed by atoms with van der Waals surface area (Å²) in [5, 5.41) is 16.7. The molecule has 98 valence electrons. The number of hydrogen-bond acceptors (Lipinski definition) is 6. The fourth-order valence-corrected chi connectivity index (χ4v) is 3.12. The largest absolute Gasteiger partial charge is 0.263 e. The van der Waals surface area contributed by atoms with E-state index in [1.165, 1.54) is 0 Å². The van der Waals surface area contributed by atoms with Gasteiger partial charge in [-0.2, -0.15) is 5.26 Å². The van der Waals surface area contributed by atoms with Gasteiger partial charge >= 0.3 is 0 Å². The highest BCUT2D eigenvalue weighted by Gasteiger charge is 2.18. The number of hydrogen-bond donors (Lipinski definition) is 1. The molecular weight excluding hydrogens is 291 g/mol. The standard InChI is InChI=1S/C10H7FN4O2S2/c1-6-13-14-10(18-6)15-19(16,17)8-2-3-9(11)7(4-8)5-12/h2-4H,1H3,(H,14,15). The van der Waals surface area contributed by atoms with E-state index in [2.05, 4.69) is 14.9 Å². The van der Waals surface area contributed by atoms with Gasteiger partial charge in [0.25, 0.3) is 10.0 Å². The zero-order valence-electron chi connectivity index (χ0n) is 9.58. The average Bonchev–Trinajstić information content (AvgIpc) is 2.74. The summed E-state index contributed by atoms with van der Waals surface area (Å²) in [5.41, 5.74) is -0.337. The van der Waals surface area contributed by atoms with E-state index in [1.54, 1.807) is 13.0 Å². The monoisotopic (exact) mass is 298 g/mol. The summed E-state index contributed by atoms with van der Waals surface area (Å²) in [7, 11) is -3.91. The topological polar surface area (TPSA) is 95.7 Å². The van der Waals surface area contributed by atoms with Crippen molar-refractivity contribution in [3.63, 3.8) is 0 Å². The van der Waals surface area contributed by atoms with E-state index in [0.717, 1.165) is 29.5 Å². The smallest absolute Gasteiger partial charge is 0.253 e. The number of nitrogens with one attached hydrogen (secondary N) is 1. The Morgan fingerprint density at radius 1 is 1.42 bits per heavy atom. The molecule has 1 heterocycles. The number of rotatable bonds is 3. The molecule has 0 atom stereocenters. The molecule has 19 heavy (non-hydrogen) atoms. The number of halogens is 1. The van der Waals surface area contributed by atoms with E-state index < -0.39 is 15.8 Å². The molecule has 0 amide bonds. The molecule has 0 saturated carbocycles. The summed E-state index contributed by atoms with van der Waals surface area (Å²) in [6.45, 7) is 1.68. The molecule has 9 heteroatoms. The van der Waals surface area contributed by atoms with E-state index in [4.69, 9.17) is 5.26 Å². The molecule has 1 aromatic carbocycles. The Bertz CT molecular complexity index is 764. The van der Waals surface area contributed by atoms with Crippen molar-refractivity contribution in [1.82, 2.24) is 10.2 Å². The summed E-state index contributed by atoms with van der Waals surface area (Å²) in [5.74, 6) is -0.770. The molecule has 2 rings (SSSR count). The predicted molar refractivity (Wildman–Crippen MR) is 66.6 cm³/mol. The Balaban J connectivity index is 2.37. The number of nitrogens with zero attached hydrogens (tertiary/aromatic N) is 3. The first-order valence-corrected chi connectivity index (χ1v) is 7.25. The maximum absolute atomic E-state index is 13.1. The van der Waals surface area contributed by atoms with Crippen molar-refractivity contribution in [2.24, 2.45) is 0 Å². The molecule has 2 aromatic rings. The molecular formula is C10H7FN4O2S2. The molecule has 0 spiro atoms. The maximum atomic E-state index is 13.1. The third-order valence-electron chi connectivity index (χ3n) is 2.12. The van der Waals surface area contributed by atoms with Crippen LogP contribution < -0.4 is 4.72 Å². The number of sulfonamides is 1. The van der Waals surface area contributed by atoms with Gasteiger partial charge in [0.1, 0.15) is 16.9 Å². The zero-order valence-corrected chi connectivity index (χ0v) is 11.2. The van der Waals surface area contributed by atoms with Gasteiger partial charge < -0.3 is 0 Å². The molecule has 6 nitrogen and oxygen atoms in total. The van der Waals surface area contributed by atoms with Crippen LogP contribution in [-0.4, -0.2) is 18.6 Å². The SMILES string of the molecule is Cc1nnc(NS(=O)(=O)c2ccc(F)c(C#N)c2)s1. The van der Waals surface area contributed by atoms with Crippen LogP contribution >= 0.6 is 11.3 Å². The molecule has 0 aliphatic heterocycles. The highest BCUT2D eigenvalue weighted by atomic mass is 32.2. The molecule has 1 N–H and O–H groups in total. The van der Waals surface area contributed by atoms with Crippen molar-refractivity contribution in [1.29, 1.82) is 5.26 Å². The third-order valence-corrected chi connectivity index (χ3v) is 4.34. The Morgan fingerprint density at radius 2 is 2.16 bits per heavy atom. The lowest BCUT2D eigenvalue weighted by Gasteiger charge is -2.05. The van der Waals surface area contributed by atoms with Crippen molar-refractivity contribution in [2.45, 2.75) is 11.8 Å². The van der Waals surface area contributed by atoms with E-state index >= 15 is 0 Å². The van der Waals surface area contributed by atoms with Crippen LogP contribution in [0.25, 0.3) is 0 Å². The van der Waals surface area contributed by atoms with Crippen LogP contribution in [0.2, 0.25) is 0 Å². The van der Waals surface area contributed by atoms with Gasteiger partial charge in [-0.25, -0.2) is 12.8 Å². The summed E-state index contributed by atoms with van der Waals surface area (Å²) < 4.78 is 39.3. The summed E-state index contributed by atoms with van der Waals surface area (Å²) in [6.07, 6.45) is 0. The van der Waals surface area contributed by atoms with Crippen LogP contribution in [0, 0.1) is 24.1 Å². The second-order valence-electron chi connectivity index (χ2n) is 3.49. The Kier molecular flexibility index (Phi) is 3.46. The Hall–Kier alpha value is -2.05. The van der Waals surface area contributed by atoms with Crippen LogP contribution in [0.1, 0.15) is 10.6 Å². The van der Waals surface area contributed by atoms with Gasteiger partial charge in [0.2, 0.25) is 5.13 Å². The van der Waals surface area contributed by atoms with Crippen LogP contribution in [0.5, 0.6) is 0 Å². The van der Waals surface area contributed by atoms with Crippen LogP contribution in [0.4, 0.5) is 9.52 Å². The minimum Gasteiger partial charge on any atom is -0.253 e. The van der Waals surface area contributed by atoms with Crippen molar-refractivity contribution in [3.05, 3.63) is 34.6 Å². The fraction of sp³-hybridized carbons (Fsp3) is 0.100. The zero-order chi connectivity index (χ0) is 14.0. The highest BCUT2D eigenvalue weighted by molar-refractivity contribution is 7.93. The molecule has 0 unspecified atom stereocenters. The van der Waals surface area contributed by atoms with Gasteiger partial charge in [-0.05, 0) is 25.1 Å². The predicted octanol–water partition coefficient (Wildman–Crippen LogP) is 1.66. The molecule has 0 aliphatic rings. The molecule has 0 radical (unpaired) electrons. The quantitative estimate of drug-likeness (QED) is 0.929. The number of aromatic nitrogens is 2. The van der Waals surface area contributed by atoms with Crippen LogP contribution in [0.3, 0.4) is 0 Å². The second-order valence-corrected chi connectivity index (χ2v) is 6.35. The number of aryl methyl sites for hydroxylation is 1. The maximum Gasteiger partial charge on any atom is 0.263 e. The normalized spacial score (nSPS) is 11.0. The van der Waals surface area contributed by atoms with Crippen molar-refractivity contribution in [3.8, 4) is 6.07 Å². The van der Waals surface area contributed by atoms with Gasteiger partial charge in [0, 0.05) is 0 Å². The number of nitriles is 1. The molecule has 0 aliphatic carbocycles. The van der Waals surface area contributed by atoms with E-state index in [0.29, 0.717) is 5.01 Å². The first-order valence-electron chi connectivity index (χ1n) is 4.95. The summed E-state index contributed by atoms with van der Waals surface area (Å²) >= 11 is 1.07. The minimum absolute atomic E-state index is 0.111. The van der Waals surface area contributed by atoms with Gasteiger partial charge in [0.15, 0.2) is 0 Å². The highest BCUT2D eigenvalue weighted by Crippen LogP contribution is 2.20. The van der Waals surface area contributed by atoms with Crippen LogP contribution in [-0.2, 0) is 10.0 Å². The van der Waals surface area contributed by atoms with E-state index in [9.17, 15) is 12.8 Å². The summed E-state index contributed by atoms with van der Waals surface area (Å²) in [6, 6.07) is 4.55. The Labute approximate surface area is 112 Å². The van der Waals surface area contributed by atoms with Gasteiger partial charge in [-0.3, -0.25) is 4.72 Å². The summed E-state index contributed by atoms with van der Waals surface area (Å²) in [4.78, 5) is -0.210. The lowest BCUT2D eigenvalue weighted by Crippen LogP contribution is -2.13. The first-order chi connectivity index (χ1) is 8.92. The van der Waals surface area contributed by atoms with Gasteiger partial charge in [-0.1, -0.05) is 11.3 Å². The third kappa shape index (κ3) is 2.86. The molecule has 0 saturated heterocycles. The minimum atomic E-state index is -3.91. The average molecular weight is 298 g/mol. The molecule has 1 aromatic heterocycles. The van der Waals surface area contributed by atoms with Crippen molar-refractivity contribution < 1.29 is 12.8 Å². The first kappa shape index (κ1) is 13.4. The Morgan fingerprint density at radius 3 is 2.74 bits per heavy atom. The molecule has 0 bridgehead atoms. The van der Waals surface area contributed by atoms with Gasteiger partial charge in [-0.15, -0.1) is 10.2 Å². The van der Waals surface area contributed by atoms with E-state index in [1.807, 2.05) is 0 Å². The van der Waals surface area contributed by atoms with E-state index in [-0.39, 0.29) is 15.6 Å².